The molecule has 1 atom stereocenters. The average Bonchev–Trinajstić information content (AvgIpc) is 3.05. The molecule has 1 unspecified atom stereocenters. The first-order valence-electron chi connectivity index (χ1n) is 7.28. The highest BCUT2D eigenvalue weighted by Crippen LogP contribution is 2.23. The van der Waals surface area contributed by atoms with Gasteiger partial charge in [-0.3, -0.25) is 9.59 Å². The molecule has 0 radical (unpaired) electrons. The van der Waals surface area contributed by atoms with Crippen LogP contribution < -0.4 is 0 Å². The van der Waals surface area contributed by atoms with Gasteiger partial charge in [0.2, 0.25) is 0 Å². The molecule has 1 saturated heterocycles. The number of rotatable bonds is 6. The van der Waals surface area contributed by atoms with E-state index in [0.29, 0.717) is 18.9 Å². The zero-order valence-electron chi connectivity index (χ0n) is 11.9. The summed E-state index contributed by atoms with van der Waals surface area (Å²) in [5.41, 5.74) is 0.741. The number of carbonyl (C=O) groups excluding carboxylic acids is 1. The third-order valence-electron chi connectivity index (χ3n) is 3.85. The second-order valence-electron chi connectivity index (χ2n) is 5.43. The zero-order chi connectivity index (χ0) is 14.5. The van der Waals surface area contributed by atoms with Crippen LogP contribution in [0.3, 0.4) is 0 Å². The minimum Gasteiger partial charge on any atom is -0.481 e. The largest absolute Gasteiger partial charge is 0.481 e. The molecule has 5 nitrogen and oxygen atoms in total. The summed E-state index contributed by atoms with van der Waals surface area (Å²) in [5, 5.41) is 8.71. The highest BCUT2D eigenvalue weighted by atomic mass is 16.4. The van der Waals surface area contributed by atoms with E-state index in [1.807, 2.05) is 27.8 Å². The van der Waals surface area contributed by atoms with Gasteiger partial charge in [0, 0.05) is 32.3 Å². The fourth-order valence-corrected chi connectivity index (χ4v) is 2.79. The lowest BCUT2D eigenvalue weighted by Gasteiger charge is -2.17. The molecule has 1 aromatic heterocycles. The monoisotopic (exact) mass is 278 g/mol. The molecule has 1 fully saturated rings. The van der Waals surface area contributed by atoms with Crippen LogP contribution in [0.25, 0.3) is 0 Å². The maximum Gasteiger partial charge on any atom is 0.303 e. The highest BCUT2D eigenvalue weighted by Gasteiger charge is 2.28. The first-order valence-corrected chi connectivity index (χ1v) is 7.28. The molecule has 1 N–H and O–H groups in total. The summed E-state index contributed by atoms with van der Waals surface area (Å²) in [4.78, 5) is 24.9. The second kappa shape index (κ2) is 6.59. The van der Waals surface area contributed by atoms with Crippen molar-refractivity contribution in [3.8, 4) is 0 Å². The fraction of sp³-hybridized carbons (Fsp3) is 0.600. The van der Waals surface area contributed by atoms with E-state index in [2.05, 4.69) is 6.92 Å². The molecule has 1 aromatic rings. The fourth-order valence-electron chi connectivity index (χ4n) is 2.79. The number of hydrogen-bond donors (Lipinski definition) is 1. The van der Waals surface area contributed by atoms with E-state index in [4.69, 9.17) is 5.11 Å². The highest BCUT2D eigenvalue weighted by molar-refractivity contribution is 5.93. The topological polar surface area (TPSA) is 62.5 Å². The average molecular weight is 278 g/mol. The molecule has 0 aromatic carbocycles. The van der Waals surface area contributed by atoms with Crippen molar-refractivity contribution in [2.75, 3.05) is 13.1 Å². The molecular weight excluding hydrogens is 256 g/mol. The van der Waals surface area contributed by atoms with Crippen molar-refractivity contribution in [3.05, 3.63) is 24.0 Å². The Labute approximate surface area is 119 Å². The van der Waals surface area contributed by atoms with E-state index in [9.17, 15) is 9.59 Å². The Morgan fingerprint density at radius 2 is 2.25 bits per heavy atom. The Morgan fingerprint density at radius 1 is 1.45 bits per heavy atom. The van der Waals surface area contributed by atoms with E-state index in [1.165, 1.54) is 0 Å². The predicted octanol–water partition coefficient (Wildman–Crippen LogP) is 2.22. The van der Waals surface area contributed by atoms with Crippen LogP contribution in [0, 0.1) is 5.92 Å². The van der Waals surface area contributed by atoms with E-state index in [-0.39, 0.29) is 12.3 Å². The molecule has 0 aliphatic carbocycles. The second-order valence-corrected chi connectivity index (χ2v) is 5.43. The Balaban J connectivity index is 1.93. The Morgan fingerprint density at radius 3 is 2.95 bits per heavy atom. The summed E-state index contributed by atoms with van der Waals surface area (Å²) in [6, 6.07) is 3.77. The van der Waals surface area contributed by atoms with Crippen molar-refractivity contribution in [1.82, 2.24) is 9.47 Å². The third kappa shape index (κ3) is 3.40. The minimum absolute atomic E-state index is 0.0706. The summed E-state index contributed by atoms with van der Waals surface area (Å²) in [6.45, 7) is 4.36. The summed E-state index contributed by atoms with van der Waals surface area (Å²) in [6.07, 6.45) is 4.70. The maximum atomic E-state index is 12.5. The van der Waals surface area contributed by atoms with Crippen LogP contribution in [0.2, 0.25) is 0 Å². The quantitative estimate of drug-likeness (QED) is 0.868. The van der Waals surface area contributed by atoms with Gasteiger partial charge < -0.3 is 14.6 Å². The lowest BCUT2D eigenvalue weighted by atomic mass is 10.0. The minimum atomic E-state index is -0.758. The summed E-state index contributed by atoms with van der Waals surface area (Å²) >= 11 is 0. The van der Waals surface area contributed by atoms with Crippen molar-refractivity contribution in [2.45, 2.75) is 39.2 Å². The number of carboxylic acid groups (broad SMARTS) is 1. The van der Waals surface area contributed by atoms with Gasteiger partial charge in [-0.1, -0.05) is 6.92 Å². The van der Waals surface area contributed by atoms with Crippen molar-refractivity contribution in [3.63, 3.8) is 0 Å². The molecule has 20 heavy (non-hydrogen) atoms. The number of aliphatic carboxylic acids is 1. The number of nitrogens with zero attached hydrogens (tertiary/aromatic N) is 2. The van der Waals surface area contributed by atoms with Crippen LogP contribution in [0.5, 0.6) is 0 Å². The van der Waals surface area contributed by atoms with E-state index >= 15 is 0 Å². The number of aromatic nitrogens is 1. The molecule has 1 aliphatic heterocycles. The number of amides is 1. The van der Waals surface area contributed by atoms with Crippen LogP contribution in [0.15, 0.2) is 18.3 Å². The smallest absolute Gasteiger partial charge is 0.303 e. The molecule has 0 saturated carbocycles. The number of hydrogen-bond acceptors (Lipinski definition) is 2. The SMILES string of the molecule is CCCn1cccc1C(=O)N1CCC(CCC(=O)O)C1. The van der Waals surface area contributed by atoms with Crippen LogP contribution in [-0.2, 0) is 11.3 Å². The Kier molecular flexibility index (Phi) is 4.82. The van der Waals surface area contributed by atoms with Crippen molar-refractivity contribution >= 4 is 11.9 Å². The molecular formula is C15H22N2O3. The number of carboxylic acids is 1. The van der Waals surface area contributed by atoms with Crippen LogP contribution in [0.1, 0.15) is 43.1 Å². The van der Waals surface area contributed by atoms with Crippen LogP contribution >= 0.6 is 0 Å². The van der Waals surface area contributed by atoms with Crippen LogP contribution in [-0.4, -0.2) is 39.5 Å². The normalized spacial score (nSPS) is 18.4. The predicted molar refractivity (Wildman–Crippen MR) is 75.6 cm³/mol. The molecule has 2 rings (SSSR count). The third-order valence-corrected chi connectivity index (χ3v) is 3.85. The van der Waals surface area contributed by atoms with Gasteiger partial charge >= 0.3 is 5.97 Å². The van der Waals surface area contributed by atoms with Gasteiger partial charge in [0.25, 0.3) is 5.91 Å². The van der Waals surface area contributed by atoms with Gasteiger partial charge in [-0.2, -0.15) is 0 Å². The zero-order valence-corrected chi connectivity index (χ0v) is 11.9. The lowest BCUT2D eigenvalue weighted by Crippen LogP contribution is -2.30. The van der Waals surface area contributed by atoms with Gasteiger partial charge in [0.1, 0.15) is 5.69 Å². The maximum absolute atomic E-state index is 12.5. The molecule has 110 valence electrons. The van der Waals surface area contributed by atoms with E-state index in [1.54, 1.807) is 0 Å². The summed E-state index contributed by atoms with van der Waals surface area (Å²) in [7, 11) is 0. The lowest BCUT2D eigenvalue weighted by molar-refractivity contribution is -0.137. The van der Waals surface area contributed by atoms with Crippen molar-refractivity contribution in [2.24, 2.45) is 5.92 Å². The number of carbonyl (C=O) groups is 2. The molecule has 0 spiro atoms. The Bertz CT molecular complexity index is 481. The van der Waals surface area contributed by atoms with Gasteiger partial charge in [-0.15, -0.1) is 0 Å². The first-order chi connectivity index (χ1) is 9.61. The van der Waals surface area contributed by atoms with Crippen molar-refractivity contribution in [1.29, 1.82) is 0 Å². The van der Waals surface area contributed by atoms with Gasteiger partial charge in [-0.25, -0.2) is 0 Å². The first kappa shape index (κ1) is 14.6. The molecule has 2 heterocycles. The van der Waals surface area contributed by atoms with E-state index in [0.717, 1.165) is 31.6 Å². The van der Waals surface area contributed by atoms with Gasteiger partial charge in [-0.05, 0) is 37.3 Å². The summed E-state index contributed by atoms with van der Waals surface area (Å²) in [5.74, 6) is -0.363. The Hall–Kier alpha value is -1.78. The molecule has 5 heteroatoms. The van der Waals surface area contributed by atoms with Gasteiger partial charge in [0.15, 0.2) is 0 Å². The van der Waals surface area contributed by atoms with Crippen molar-refractivity contribution < 1.29 is 14.7 Å². The van der Waals surface area contributed by atoms with Crippen LogP contribution in [0.4, 0.5) is 0 Å². The standard InChI is InChI=1S/C15H22N2O3/c1-2-8-16-9-3-4-13(16)15(20)17-10-7-12(11-17)5-6-14(18)19/h3-4,9,12H,2,5-8,10-11H2,1H3,(H,18,19). The number of likely N-dealkylation sites (tertiary alicyclic amines) is 1. The molecule has 1 amide bonds. The summed E-state index contributed by atoms with van der Waals surface area (Å²) < 4.78 is 1.99. The van der Waals surface area contributed by atoms with Gasteiger partial charge in [0.05, 0.1) is 0 Å². The van der Waals surface area contributed by atoms with E-state index < -0.39 is 5.97 Å². The number of aryl methyl sites for hydroxylation is 1. The molecule has 1 aliphatic rings. The molecule has 0 bridgehead atoms.